The van der Waals surface area contributed by atoms with E-state index < -0.39 is 0 Å². The molecule has 206 valence electrons. The summed E-state index contributed by atoms with van der Waals surface area (Å²) in [6.07, 6.45) is 1.84. The monoisotopic (exact) mass is 558 g/mol. The van der Waals surface area contributed by atoms with E-state index in [2.05, 4.69) is 104 Å². The van der Waals surface area contributed by atoms with Gasteiger partial charge in [0.1, 0.15) is 11.5 Å². The van der Waals surface area contributed by atoms with Crippen molar-refractivity contribution >= 4 is 23.0 Å². The molecule has 1 aliphatic rings. The molecule has 1 aliphatic heterocycles. The Morgan fingerprint density at radius 2 is 1.39 bits per heavy atom. The molecule has 5 nitrogen and oxygen atoms in total. The molecule has 1 N–H and O–H groups in total. The molecule has 6 heteroatoms. The van der Waals surface area contributed by atoms with Crippen LogP contribution in [0.1, 0.15) is 51.4 Å². The van der Waals surface area contributed by atoms with Crippen LogP contribution in [-0.4, -0.2) is 14.7 Å². The van der Waals surface area contributed by atoms with Crippen LogP contribution in [0.25, 0.3) is 5.69 Å². The van der Waals surface area contributed by atoms with Gasteiger partial charge in [0.05, 0.1) is 17.8 Å². The van der Waals surface area contributed by atoms with Crippen LogP contribution in [0.2, 0.25) is 0 Å². The molecule has 3 aromatic carbocycles. The Morgan fingerprint density at radius 1 is 0.732 bits per heavy atom. The molecule has 0 amide bonds. The first-order valence-corrected chi connectivity index (χ1v) is 14.3. The molecular weight excluding hydrogens is 524 g/mol. The van der Waals surface area contributed by atoms with Gasteiger partial charge in [0, 0.05) is 29.0 Å². The smallest absolute Gasteiger partial charge is 0.174 e. The lowest BCUT2D eigenvalue weighted by Gasteiger charge is -2.28. The van der Waals surface area contributed by atoms with E-state index in [0.29, 0.717) is 5.11 Å². The summed E-state index contributed by atoms with van der Waals surface area (Å²) in [5.41, 5.74) is 10.4. The maximum atomic E-state index is 6.11. The zero-order chi connectivity index (χ0) is 28.7. The summed E-state index contributed by atoms with van der Waals surface area (Å²) in [4.78, 5) is 6.95. The fraction of sp³-hybridized carbons (Fsp3) is 0.200. The van der Waals surface area contributed by atoms with E-state index in [-0.39, 0.29) is 12.1 Å². The zero-order valence-electron chi connectivity index (χ0n) is 24.1. The van der Waals surface area contributed by atoms with E-state index in [1.165, 1.54) is 39.3 Å². The van der Waals surface area contributed by atoms with Gasteiger partial charge >= 0.3 is 0 Å². The molecule has 0 unspecified atom stereocenters. The second-order valence-electron chi connectivity index (χ2n) is 10.9. The molecule has 6 rings (SSSR count). The van der Waals surface area contributed by atoms with Gasteiger partial charge < -0.3 is 19.5 Å². The Kier molecular flexibility index (Phi) is 7.10. The molecule has 2 atom stereocenters. The number of ether oxygens (including phenoxy) is 1. The van der Waals surface area contributed by atoms with Crippen molar-refractivity contribution < 1.29 is 4.74 Å². The van der Waals surface area contributed by atoms with Gasteiger partial charge in [0.15, 0.2) is 5.11 Å². The van der Waals surface area contributed by atoms with Crippen molar-refractivity contribution in [1.29, 1.82) is 0 Å². The fourth-order valence-corrected chi connectivity index (χ4v) is 6.28. The molecule has 1 saturated heterocycles. The van der Waals surface area contributed by atoms with Gasteiger partial charge in [-0.25, -0.2) is 0 Å². The van der Waals surface area contributed by atoms with Crippen LogP contribution in [0.3, 0.4) is 0 Å². The predicted octanol–water partition coefficient (Wildman–Crippen LogP) is 8.38. The Labute approximate surface area is 247 Å². The number of hydrogen-bond donors (Lipinski definition) is 1. The first-order chi connectivity index (χ1) is 19.8. The average Bonchev–Trinajstić information content (AvgIpc) is 3.45. The van der Waals surface area contributed by atoms with Gasteiger partial charge in [-0.15, -0.1) is 0 Å². The Bertz CT molecular complexity index is 1690. The molecule has 0 bridgehead atoms. The van der Waals surface area contributed by atoms with Crippen molar-refractivity contribution in [3.8, 4) is 17.2 Å². The van der Waals surface area contributed by atoms with E-state index in [1.54, 1.807) is 0 Å². The van der Waals surface area contributed by atoms with Gasteiger partial charge in [-0.3, -0.25) is 4.98 Å². The number of benzene rings is 3. The van der Waals surface area contributed by atoms with E-state index >= 15 is 0 Å². The molecule has 3 heterocycles. The molecule has 2 aromatic heterocycles. The average molecular weight is 559 g/mol. The van der Waals surface area contributed by atoms with Crippen LogP contribution in [0.5, 0.6) is 11.5 Å². The molecule has 0 saturated carbocycles. The number of pyridine rings is 1. The van der Waals surface area contributed by atoms with E-state index in [0.717, 1.165) is 22.9 Å². The van der Waals surface area contributed by atoms with Crippen molar-refractivity contribution in [2.75, 3.05) is 4.90 Å². The highest BCUT2D eigenvalue weighted by molar-refractivity contribution is 7.80. The Hall–Kier alpha value is -4.42. The highest BCUT2D eigenvalue weighted by Crippen LogP contribution is 2.44. The minimum atomic E-state index is -0.111. The lowest BCUT2D eigenvalue weighted by atomic mass is 9.96. The van der Waals surface area contributed by atoms with Crippen LogP contribution in [0.15, 0.2) is 97.2 Å². The van der Waals surface area contributed by atoms with Gasteiger partial charge in [-0.2, -0.15) is 0 Å². The standard InChI is InChI=1S/C35H34N4OS/c1-22-9-13-29(14-10-22)40-30-15-11-27(12-16-30)39-34(33(37-35(39)41)32-8-6-7-17-36-32)31-21-25(4)38(26(31)5)28-19-23(2)18-24(3)20-28/h6-21,33-34H,1-5H3,(H,37,41)/t33-,34-/m1/s1. The molecule has 41 heavy (non-hydrogen) atoms. The highest BCUT2D eigenvalue weighted by atomic mass is 32.1. The quantitative estimate of drug-likeness (QED) is 0.212. The third-order valence-electron chi connectivity index (χ3n) is 7.72. The Morgan fingerprint density at radius 3 is 2.02 bits per heavy atom. The molecule has 0 radical (unpaired) electrons. The first-order valence-electron chi connectivity index (χ1n) is 13.9. The third kappa shape index (κ3) is 5.23. The summed E-state index contributed by atoms with van der Waals surface area (Å²) in [7, 11) is 0. The van der Waals surface area contributed by atoms with E-state index in [9.17, 15) is 0 Å². The van der Waals surface area contributed by atoms with E-state index in [1.807, 2.05) is 42.6 Å². The summed E-state index contributed by atoms with van der Waals surface area (Å²) in [5.74, 6) is 1.59. The van der Waals surface area contributed by atoms with Crippen LogP contribution in [0.4, 0.5) is 5.69 Å². The molecule has 0 spiro atoms. The second kappa shape index (κ2) is 10.9. The van der Waals surface area contributed by atoms with Gasteiger partial charge in [-0.1, -0.05) is 29.8 Å². The molecule has 5 aromatic rings. The van der Waals surface area contributed by atoms with Crippen molar-refractivity contribution in [1.82, 2.24) is 14.9 Å². The number of aromatic nitrogens is 2. The van der Waals surface area contributed by atoms with Crippen molar-refractivity contribution in [3.63, 3.8) is 0 Å². The number of hydrogen-bond acceptors (Lipinski definition) is 3. The number of thiocarbonyl (C=S) groups is 1. The summed E-state index contributed by atoms with van der Waals surface area (Å²) in [5, 5.41) is 4.27. The van der Waals surface area contributed by atoms with Crippen molar-refractivity contribution in [3.05, 3.63) is 137 Å². The van der Waals surface area contributed by atoms with Crippen LogP contribution in [-0.2, 0) is 0 Å². The topological polar surface area (TPSA) is 42.3 Å². The SMILES string of the molecule is Cc1ccc(Oc2ccc(N3C(=S)N[C@H](c4ccccn4)[C@H]3c3cc(C)n(-c4cc(C)cc(C)c4)c3C)cc2)cc1. The minimum absolute atomic E-state index is 0.0906. The van der Waals surface area contributed by atoms with Crippen molar-refractivity contribution in [2.24, 2.45) is 0 Å². The summed E-state index contributed by atoms with van der Waals surface area (Å²) in [6.45, 7) is 10.7. The zero-order valence-corrected chi connectivity index (χ0v) is 24.9. The maximum absolute atomic E-state index is 6.11. The normalized spacial score (nSPS) is 16.6. The summed E-state index contributed by atoms with van der Waals surface area (Å²) < 4.78 is 8.46. The first kappa shape index (κ1) is 26.8. The number of nitrogens with one attached hydrogen (secondary N) is 1. The number of nitrogens with zero attached hydrogens (tertiary/aromatic N) is 3. The largest absolute Gasteiger partial charge is 0.457 e. The maximum Gasteiger partial charge on any atom is 0.174 e. The lowest BCUT2D eigenvalue weighted by Crippen LogP contribution is -2.29. The summed E-state index contributed by atoms with van der Waals surface area (Å²) >= 11 is 5.99. The van der Waals surface area contributed by atoms with Crippen LogP contribution in [0, 0.1) is 34.6 Å². The lowest BCUT2D eigenvalue weighted by molar-refractivity contribution is 0.482. The number of anilines is 1. The Balaban J connectivity index is 1.41. The van der Waals surface area contributed by atoms with Crippen LogP contribution >= 0.6 is 12.2 Å². The van der Waals surface area contributed by atoms with Gasteiger partial charge in [0.25, 0.3) is 0 Å². The summed E-state index contributed by atoms with van der Waals surface area (Å²) in [6, 6.07) is 31.1. The fourth-order valence-electron chi connectivity index (χ4n) is 5.93. The molecular formula is C35H34N4OS. The number of aryl methyl sites for hydroxylation is 4. The number of rotatable bonds is 6. The minimum Gasteiger partial charge on any atom is -0.457 e. The van der Waals surface area contributed by atoms with Crippen molar-refractivity contribution in [2.45, 2.75) is 46.7 Å². The molecule has 1 fully saturated rings. The third-order valence-corrected chi connectivity index (χ3v) is 8.04. The predicted molar refractivity (Wildman–Crippen MR) is 170 cm³/mol. The highest BCUT2D eigenvalue weighted by Gasteiger charge is 2.42. The van der Waals surface area contributed by atoms with Crippen LogP contribution < -0.4 is 15.0 Å². The van der Waals surface area contributed by atoms with Gasteiger partial charge in [-0.05, 0) is 130 Å². The van der Waals surface area contributed by atoms with Gasteiger partial charge in [0.2, 0.25) is 0 Å². The second-order valence-corrected chi connectivity index (χ2v) is 11.3. The van der Waals surface area contributed by atoms with E-state index in [4.69, 9.17) is 21.9 Å². The molecule has 0 aliphatic carbocycles.